The molecule has 0 atom stereocenters. The highest BCUT2D eigenvalue weighted by Crippen LogP contribution is 2.17. The number of anilines is 1. The van der Waals surface area contributed by atoms with Gasteiger partial charge in [0.2, 0.25) is 0 Å². The Morgan fingerprint density at radius 1 is 1.21 bits per heavy atom. The first-order valence-corrected chi connectivity index (χ1v) is 7.02. The van der Waals surface area contributed by atoms with Crippen molar-refractivity contribution in [1.29, 1.82) is 0 Å². The maximum absolute atomic E-state index is 10.7. The fraction of sp³-hybridized carbons (Fsp3) is 0.562. The van der Waals surface area contributed by atoms with Gasteiger partial charge in [0, 0.05) is 18.8 Å². The zero-order valence-electron chi connectivity index (χ0n) is 12.2. The second-order valence-corrected chi connectivity index (χ2v) is 5.50. The monoisotopic (exact) mass is 263 g/mol. The third-order valence-corrected chi connectivity index (χ3v) is 3.20. The van der Waals surface area contributed by atoms with Crippen molar-refractivity contribution >= 4 is 11.7 Å². The van der Waals surface area contributed by atoms with Gasteiger partial charge in [-0.1, -0.05) is 31.5 Å². The lowest BCUT2D eigenvalue weighted by atomic mass is 10.1. The molecule has 0 aliphatic rings. The number of aliphatic carboxylic acids is 1. The van der Waals surface area contributed by atoms with Crippen LogP contribution in [0.25, 0.3) is 0 Å². The Balaban J connectivity index is 2.62. The van der Waals surface area contributed by atoms with Crippen molar-refractivity contribution in [2.24, 2.45) is 5.92 Å². The van der Waals surface area contributed by atoms with E-state index in [1.807, 2.05) is 0 Å². The molecule has 0 heterocycles. The molecule has 0 spiro atoms. The minimum atomic E-state index is -0.735. The predicted octanol–water partition coefficient (Wildman–Crippen LogP) is 3.71. The zero-order valence-corrected chi connectivity index (χ0v) is 12.2. The third kappa shape index (κ3) is 6.27. The molecule has 0 aliphatic heterocycles. The van der Waals surface area contributed by atoms with Crippen LogP contribution in [0, 0.1) is 12.8 Å². The summed E-state index contributed by atoms with van der Waals surface area (Å²) in [6, 6.07) is 8.30. The van der Waals surface area contributed by atoms with E-state index >= 15 is 0 Å². The van der Waals surface area contributed by atoms with E-state index in [4.69, 9.17) is 5.11 Å². The van der Waals surface area contributed by atoms with Crippen molar-refractivity contribution in [3.8, 4) is 0 Å². The molecule has 0 bridgehead atoms. The quantitative estimate of drug-likeness (QED) is 0.777. The van der Waals surface area contributed by atoms with Crippen LogP contribution in [0.4, 0.5) is 5.69 Å². The number of rotatable bonds is 8. The van der Waals surface area contributed by atoms with Crippen LogP contribution in [0.5, 0.6) is 0 Å². The topological polar surface area (TPSA) is 40.5 Å². The molecule has 0 saturated carbocycles. The lowest BCUT2D eigenvalue weighted by Crippen LogP contribution is -2.27. The number of carboxylic acids is 1. The van der Waals surface area contributed by atoms with Crippen LogP contribution in [0.1, 0.15) is 38.7 Å². The summed E-state index contributed by atoms with van der Waals surface area (Å²) in [5.41, 5.74) is 2.35. The maximum Gasteiger partial charge on any atom is 0.305 e. The number of benzene rings is 1. The third-order valence-electron chi connectivity index (χ3n) is 3.20. The Morgan fingerprint density at radius 2 is 1.84 bits per heavy atom. The molecule has 0 radical (unpaired) electrons. The molecule has 19 heavy (non-hydrogen) atoms. The maximum atomic E-state index is 10.7. The smallest absolute Gasteiger partial charge is 0.305 e. The number of aryl methyl sites for hydroxylation is 1. The Hall–Kier alpha value is -1.51. The number of nitrogens with zero attached hydrogens (tertiary/aromatic N) is 1. The first kappa shape index (κ1) is 15.5. The highest BCUT2D eigenvalue weighted by molar-refractivity contribution is 5.67. The second kappa shape index (κ2) is 7.82. The van der Waals surface area contributed by atoms with Crippen molar-refractivity contribution < 1.29 is 9.90 Å². The van der Waals surface area contributed by atoms with Crippen molar-refractivity contribution in [2.45, 2.75) is 40.0 Å². The summed E-state index contributed by atoms with van der Waals surface area (Å²) < 4.78 is 0. The SMILES string of the molecule is Cc1ccc(N(CCCC(C)C)CCC(=O)O)cc1. The Labute approximate surface area is 116 Å². The molecule has 3 nitrogen and oxygen atoms in total. The van der Waals surface area contributed by atoms with Gasteiger partial charge < -0.3 is 10.0 Å². The van der Waals surface area contributed by atoms with Crippen LogP contribution in [0.3, 0.4) is 0 Å². The second-order valence-electron chi connectivity index (χ2n) is 5.50. The van der Waals surface area contributed by atoms with E-state index in [9.17, 15) is 4.79 Å². The molecule has 0 amide bonds. The molecule has 0 fully saturated rings. The minimum absolute atomic E-state index is 0.190. The van der Waals surface area contributed by atoms with Crippen LogP contribution >= 0.6 is 0 Å². The van der Waals surface area contributed by atoms with E-state index in [1.165, 1.54) is 12.0 Å². The summed E-state index contributed by atoms with van der Waals surface area (Å²) in [7, 11) is 0. The minimum Gasteiger partial charge on any atom is -0.481 e. The molecule has 106 valence electrons. The van der Waals surface area contributed by atoms with Crippen LogP contribution in [0.2, 0.25) is 0 Å². The Bertz CT molecular complexity index is 384. The average molecular weight is 263 g/mol. The van der Waals surface area contributed by atoms with Crippen molar-refractivity contribution in [3.63, 3.8) is 0 Å². The first-order valence-electron chi connectivity index (χ1n) is 7.02. The van der Waals surface area contributed by atoms with Gasteiger partial charge in [0.15, 0.2) is 0 Å². The molecule has 1 aromatic carbocycles. The summed E-state index contributed by atoms with van der Waals surface area (Å²) in [6.45, 7) is 8.00. The molecule has 0 saturated heterocycles. The van der Waals surface area contributed by atoms with E-state index in [1.54, 1.807) is 0 Å². The summed E-state index contributed by atoms with van der Waals surface area (Å²) in [6.07, 6.45) is 2.47. The molecule has 0 unspecified atom stereocenters. The fourth-order valence-corrected chi connectivity index (χ4v) is 2.05. The van der Waals surface area contributed by atoms with Gasteiger partial charge in [0.1, 0.15) is 0 Å². The van der Waals surface area contributed by atoms with Gasteiger partial charge in [-0.25, -0.2) is 0 Å². The molecular formula is C16H25NO2. The lowest BCUT2D eigenvalue weighted by molar-refractivity contribution is -0.136. The summed E-state index contributed by atoms with van der Waals surface area (Å²) in [4.78, 5) is 12.9. The van der Waals surface area contributed by atoms with E-state index < -0.39 is 5.97 Å². The first-order chi connectivity index (χ1) is 8.99. The largest absolute Gasteiger partial charge is 0.481 e. The van der Waals surface area contributed by atoms with Gasteiger partial charge in [0.25, 0.3) is 0 Å². The molecule has 1 aromatic rings. The summed E-state index contributed by atoms with van der Waals surface area (Å²) >= 11 is 0. The van der Waals surface area contributed by atoms with Crippen LogP contribution in [-0.4, -0.2) is 24.2 Å². The Kier molecular flexibility index (Phi) is 6.40. The number of carbonyl (C=O) groups is 1. The van der Waals surface area contributed by atoms with Gasteiger partial charge in [-0.15, -0.1) is 0 Å². The average Bonchev–Trinajstić information content (AvgIpc) is 2.34. The van der Waals surface area contributed by atoms with Gasteiger partial charge in [-0.05, 0) is 37.8 Å². The van der Waals surface area contributed by atoms with Crippen molar-refractivity contribution in [3.05, 3.63) is 29.8 Å². The van der Waals surface area contributed by atoms with E-state index in [0.717, 1.165) is 18.7 Å². The van der Waals surface area contributed by atoms with Gasteiger partial charge >= 0.3 is 5.97 Å². The summed E-state index contributed by atoms with van der Waals surface area (Å²) in [5.74, 6) is -0.0414. The van der Waals surface area contributed by atoms with Crippen molar-refractivity contribution in [1.82, 2.24) is 0 Å². The van der Waals surface area contributed by atoms with Gasteiger partial charge in [-0.3, -0.25) is 4.79 Å². The standard InChI is InChI=1S/C16H25NO2/c1-13(2)5-4-11-17(12-10-16(18)19)15-8-6-14(3)7-9-15/h6-9,13H,4-5,10-12H2,1-3H3,(H,18,19). The lowest BCUT2D eigenvalue weighted by Gasteiger charge is -2.24. The number of carboxylic acid groups (broad SMARTS) is 1. The number of hydrogen-bond acceptors (Lipinski definition) is 2. The highest BCUT2D eigenvalue weighted by atomic mass is 16.4. The molecule has 0 aliphatic carbocycles. The Morgan fingerprint density at radius 3 is 2.37 bits per heavy atom. The number of hydrogen-bond donors (Lipinski definition) is 1. The van der Waals surface area contributed by atoms with Crippen LogP contribution in [0.15, 0.2) is 24.3 Å². The van der Waals surface area contributed by atoms with Crippen LogP contribution < -0.4 is 4.90 Å². The molecule has 0 aromatic heterocycles. The molecule has 1 N–H and O–H groups in total. The van der Waals surface area contributed by atoms with Crippen molar-refractivity contribution in [2.75, 3.05) is 18.0 Å². The molecule has 3 heteroatoms. The van der Waals surface area contributed by atoms with Gasteiger partial charge in [0.05, 0.1) is 6.42 Å². The zero-order chi connectivity index (χ0) is 14.3. The van der Waals surface area contributed by atoms with E-state index in [2.05, 4.69) is 49.9 Å². The molecular weight excluding hydrogens is 238 g/mol. The highest BCUT2D eigenvalue weighted by Gasteiger charge is 2.09. The van der Waals surface area contributed by atoms with E-state index in [-0.39, 0.29) is 6.42 Å². The fourth-order valence-electron chi connectivity index (χ4n) is 2.05. The summed E-state index contributed by atoms with van der Waals surface area (Å²) in [5, 5.41) is 8.84. The van der Waals surface area contributed by atoms with Gasteiger partial charge in [-0.2, -0.15) is 0 Å². The van der Waals surface area contributed by atoms with Crippen LogP contribution in [-0.2, 0) is 4.79 Å². The molecule has 1 rings (SSSR count). The van der Waals surface area contributed by atoms with E-state index in [0.29, 0.717) is 12.5 Å². The normalized spacial score (nSPS) is 10.7. The predicted molar refractivity (Wildman–Crippen MR) is 79.7 cm³/mol.